The number of ether oxygens (including phenoxy) is 1. The van der Waals surface area contributed by atoms with Crippen LogP contribution in [0.3, 0.4) is 0 Å². The smallest absolute Gasteiger partial charge is 0.244 e. The maximum absolute atomic E-state index is 12.4. The molecule has 0 saturated carbocycles. The zero-order chi connectivity index (χ0) is 20.6. The number of amides is 1. The number of rotatable bonds is 7. The summed E-state index contributed by atoms with van der Waals surface area (Å²) < 4.78 is 5.51. The Kier molecular flexibility index (Phi) is 7.87. The fourth-order valence-electron chi connectivity index (χ4n) is 3.45. The van der Waals surface area contributed by atoms with E-state index in [-0.39, 0.29) is 11.9 Å². The summed E-state index contributed by atoms with van der Waals surface area (Å²) in [6.45, 7) is 8.14. The molecule has 5 heteroatoms. The van der Waals surface area contributed by atoms with Gasteiger partial charge in [0.25, 0.3) is 0 Å². The summed E-state index contributed by atoms with van der Waals surface area (Å²) in [6, 6.07) is 16.3. The largest absolute Gasteiger partial charge is 0.379 e. The molecule has 1 atom stereocenters. The zero-order valence-electron chi connectivity index (χ0n) is 17.1. The Bertz CT molecular complexity index is 810. The molecule has 3 rings (SSSR count). The number of halogens is 1. The Labute approximate surface area is 178 Å². The minimum atomic E-state index is -0.1000. The van der Waals surface area contributed by atoms with Crippen molar-refractivity contribution in [3.05, 3.63) is 76.3 Å². The van der Waals surface area contributed by atoms with Crippen LogP contribution >= 0.6 is 11.6 Å². The van der Waals surface area contributed by atoms with Crippen LogP contribution in [0.25, 0.3) is 6.08 Å². The summed E-state index contributed by atoms with van der Waals surface area (Å²) >= 11 is 5.90. The van der Waals surface area contributed by atoms with Gasteiger partial charge in [-0.05, 0) is 40.8 Å². The summed E-state index contributed by atoms with van der Waals surface area (Å²) in [5, 5.41) is 3.75. The quantitative estimate of drug-likeness (QED) is 0.672. The predicted octanol–water partition coefficient (Wildman–Crippen LogP) is 4.67. The average Bonchev–Trinajstić information content (AvgIpc) is 2.74. The molecule has 1 saturated heterocycles. The van der Waals surface area contributed by atoms with E-state index in [0.717, 1.165) is 31.9 Å². The van der Waals surface area contributed by atoms with Crippen LogP contribution in [0.5, 0.6) is 0 Å². The predicted molar refractivity (Wildman–Crippen MR) is 119 cm³/mol. The molecule has 0 bridgehead atoms. The molecule has 0 aromatic heterocycles. The first-order valence-corrected chi connectivity index (χ1v) is 10.5. The van der Waals surface area contributed by atoms with E-state index in [1.54, 1.807) is 12.2 Å². The van der Waals surface area contributed by atoms with Gasteiger partial charge >= 0.3 is 0 Å². The number of benzene rings is 2. The fraction of sp³-hybridized carbons (Fsp3) is 0.375. The van der Waals surface area contributed by atoms with Crippen molar-refractivity contribution >= 4 is 23.6 Å². The van der Waals surface area contributed by atoms with E-state index in [2.05, 4.69) is 48.3 Å². The van der Waals surface area contributed by atoms with E-state index in [4.69, 9.17) is 16.3 Å². The molecule has 1 fully saturated rings. The Morgan fingerprint density at radius 1 is 1.07 bits per heavy atom. The number of morpholine rings is 1. The van der Waals surface area contributed by atoms with Gasteiger partial charge in [0, 0.05) is 30.7 Å². The third-order valence-electron chi connectivity index (χ3n) is 5.24. The van der Waals surface area contributed by atoms with Crippen LogP contribution in [0.2, 0.25) is 5.02 Å². The van der Waals surface area contributed by atoms with Crippen LogP contribution in [-0.2, 0) is 9.53 Å². The maximum atomic E-state index is 12.4. The van der Waals surface area contributed by atoms with E-state index in [9.17, 15) is 4.79 Å². The summed E-state index contributed by atoms with van der Waals surface area (Å²) in [5.41, 5.74) is 3.49. The van der Waals surface area contributed by atoms with Gasteiger partial charge in [0.1, 0.15) is 0 Å². The molecule has 154 valence electrons. The minimum Gasteiger partial charge on any atom is -0.379 e. The first kappa shape index (κ1) is 21.6. The second-order valence-corrected chi connectivity index (χ2v) is 8.05. The standard InChI is InChI=1S/C24H29ClN2O2/c1-18(2)20-6-8-21(9-7-20)23(27-13-15-29-16-14-27)17-26-24(28)12-5-19-3-10-22(25)11-4-19/h3-12,18,23H,13-17H2,1-2H3,(H,26,28). The topological polar surface area (TPSA) is 41.6 Å². The lowest BCUT2D eigenvalue weighted by Gasteiger charge is -2.35. The van der Waals surface area contributed by atoms with Crippen molar-refractivity contribution in [3.63, 3.8) is 0 Å². The van der Waals surface area contributed by atoms with E-state index in [0.29, 0.717) is 17.5 Å². The highest BCUT2D eigenvalue weighted by molar-refractivity contribution is 6.30. The lowest BCUT2D eigenvalue weighted by Crippen LogP contribution is -2.43. The molecule has 2 aromatic carbocycles. The van der Waals surface area contributed by atoms with Crippen molar-refractivity contribution in [1.82, 2.24) is 10.2 Å². The van der Waals surface area contributed by atoms with Gasteiger partial charge < -0.3 is 10.1 Å². The Morgan fingerprint density at radius 2 is 1.69 bits per heavy atom. The van der Waals surface area contributed by atoms with Gasteiger partial charge in [-0.15, -0.1) is 0 Å². The van der Waals surface area contributed by atoms with Crippen molar-refractivity contribution in [1.29, 1.82) is 0 Å². The van der Waals surface area contributed by atoms with Crippen LogP contribution in [-0.4, -0.2) is 43.7 Å². The highest BCUT2D eigenvalue weighted by atomic mass is 35.5. The molecule has 2 aromatic rings. The lowest BCUT2D eigenvalue weighted by atomic mass is 9.98. The van der Waals surface area contributed by atoms with E-state index < -0.39 is 0 Å². The number of nitrogens with one attached hydrogen (secondary N) is 1. The first-order chi connectivity index (χ1) is 14.0. The molecule has 4 nitrogen and oxygen atoms in total. The summed E-state index contributed by atoms with van der Waals surface area (Å²) in [4.78, 5) is 14.8. The highest BCUT2D eigenvalue weighted by Gasteiger charge is 2.23. The van der Waals surface area contributed by atoms with Crippen LogP contribution in [0.4, 0.5) is 0 Å². The SMILES string of the molecule is CC(C)c1ccc(C(CNC(=O)C=Cc2ccc(Cl)cc2)N2CCOCC2)cc1. The third-order valence-corrected chi connectivity index (χ3v) is 5.49. The number of hydrogen-bond donors (Lipinski definition) is 1. The van der Waals surface area contributed by atoms with Crippen LogP contribution in [0.1, 0.15) is 42.5 Å². The minimum absolute atomic E-state index is 0.1000. The Balaban J connectivity index is 1.66. The molecule has 1 heterocycles. The van der Waals surface area contributed by atoms with Gasteiger partial charge in [-0.3, -0.25) is 9.69 Å². The second kappa shape index (κ2) is 10.6. The van der Waals surface area contributed by atoms with E-state index in [1.165, 1.54) is 11.1 Å². The molecule has 1 aliphatic rings. The van der Waals surface area contributed by atoms with Crippen molar-refractivity contribution in [3.8, 4) is 0 Å². The zero-order valence-corrected chi connectivity index (χ0v) is 17.9. The Hall–Kier alpha value is -2.14. The lowest BCUT2D eigenvalue weighted by molar-refractivity contribution is -0.116. The first-order valence-electron chi connectivity index (χ1n) is 10.2. The van der Waals surface area contributed by atoms with Gasteiger partial charge in [-0.1, -0.05) is 61.8 Å². The van der Waals surface area contributed by atoms with Crippen LogP contribution in [0.15, 0.2) is 54.6 Å². The highest BCUT2D eigenvalue weighted by Crippen LogP contribution is 2.24. The van der Waals surface area contributed by atoms with Gasteiger partial charge in [-0.25, -0.2) is 0 Å². The fourth-order valence-corrected chi connectivity index (χ4v) is 3.58. The molecule has 1 amide bonds. The molecule has 0 spiro atoms. The van der Waals surface area contributed by atoms with Gasteiger partial charge in [0.15, 0.2) is 0 Å². The van der Waals surface area contributed by atoms with Gasteiger partial charge in [-0.2, -0.15) is 0 Å². The number of nitrogens with zero attached hydrogens (tertiary/aromatic N) is 1. The normalized spacial score (nSPS) is 16.3. The van der Waals surface area contributed by atoms with E-state index >= 15 is 0 Å². The molecular formula is C24H29ClN2O2. The molecule has 1 unspecified atom stereocenters. The van der Waals surface area contributed by atoms with Crippen LogP contribution < -0.4 is 5.32 Å². The molecule has 1 aliphatic heterocycles. The molecule has 0 radical (unpaired) electrons. The molecule has 1 N–H and O–H groups in total. The second-order valence-electron chi connectivity index (χ2n) is 7.62. The van der Waals surface area contributed by atoms with Crippen molar-refractivity contribution in [2.45, 2.75) is 25.8 Å². The Morgan fingerprint density at radius 3 is 2.31 bits per heavy atom. The number of carbonyl (C=O) groups is 1. The molecule has 0 aliphatic carbocycles. The number of carbonyl (C=O) groups excluding carboxylic acids is 1. The average molecular weight is 413 g/mol. The summed E-state index contributed by atoms with van der Waals surface area (Å²) in [5.74, 6) is 0.403. The van der Waals surface area contributed by atoms with Crippen molar-refractivity contribution in [2.24, 2.45) is 0 Å². The number of hydrogen-bond acceptors (Lipinski definition) is 3. The van der Waals surface area contributed by atoms with Gasteiger partial charge in [0.2, 0.25) is 5.91 Å². The summed E-state index contributed by atoms with van der Waals surface area (Å²) in [6.07, 6.45) is 3.37. The van der Waals surface area contributed by atoms with Crippen molar-refractivity contribution < 1.29 is 9.53 Å². The molecule has 29 heavy (non-hydrogen) atoms. The van der Waals surface area contributed by atoms with Crippen molar-refractivity contribution in [2.75, 3.05) is 32.8 Å². The molecular weight excluding hydrogens is 384 g/mol. The maximum Gasteiger partial charge on any atom is 0.244 e. The van der Waals surface area contributed by atoms with Gasteiger partial charge in [0.05, 0.1) is 19.3 Å². The monoisotopic (exact) mass is 412 g/mol. The van der Waals surface area contributed by atoms with E-state index in [1.807, 2.05) is 24.3 Å². The summed E-state index contributed by atoms with van der Waals surface area (Å²) in [7, 11) is 0. The van der Waals surface area contributed by atoms with Crippen LogP contribution in [0, 0.1) is 0 Å². The third kappa shape index (κ3) is 6.43.